The Labute approximate surface area is 124 Å². The van der Waals surface area contributed by atoms with Crippen LogP contribution in [-0.4, -0.2) is 34.0 Å². The minimum Gasteiger partial charge on any atom is -0.493 e. The van der Waals surface area contributed by atoms with Crippen molar-refractivity contribution in [3.8, 4) is 5.75 Å². The highest BCUT2D eigenvalue weighted by Crippen LogP contribution is 2.32. The number of sulfonamides is 1. The molecule has 0 saturated carbocycles. The van der Waals surface area contributed by atoms with Gasteiger partial charge in [0.25, 0.3) is 0 Å². The van der Waals surface area contributed by atoms with Crippen LogP contribution in [0.15, 0.2) is 18.2 Å². The summed E-state index contributed by atoms with van der Waals surface area (Å²) in [7, 11) is -3.61. The molecule has 1 saturated heterocycles. The van der Waals surface area contributed by atoms with Gasteiger partial charge in [-0.15, -0.1) is 0 Å². The Morgan fingerprint density at radius 3 is 2.62 bits per heavy atom. The molecule has 1 heterocycles. The molecule has 0 spiro atoms. The van der Waals surface area contributed by atoms with Crippen molar-refractivity contribution in [2.75, 3.05) is 25.6 Å². The second-order valence-electron chi connectivity index (χ2n) is 5.62. The molecule has 7 heteroatoms. The fourth-order valence-corrected chi connectivity index (χ4v) is 3.69. The van der Waals surface area contributed by atoms with Gasteiger partial charge in [-0.1, -0.05) is 6.07 Å². The number of rotatable bonds is 5. The van der Waals surface area contributed by atoms with E-state index in [1.54, 1.807) is 19.1 Å². The molecule has 1 aromatic carbocycles. The smallest absolute Gasteiger partial charge is 0.209 e. The van der Waals surface area contributed by atoms with Gasteiger partial charge in [0.2, 0.25) is 10.0 Å². The van der Waals surface area contributed by atoms with Crippen LogP contribution in [0.4, 0.5) is 4.39 Å². The molecule has 118 valence electrons. The van der Waals surface area contributed by atoms with E-state index in [1.165, 1.54) is 6.07 Å². The molecule has 0 radical (unpaired) electrons. The van der Waals surface area contributed by atoms with Crippen LogP contribution in [0, 0.1) is 18.2 Å². The number of halogens is 1. The van der Waals surface area contributed by atoms with Gasteiger partial charge in [-0.25, -0.2) is 17.9 Å². The van der Waals surface area contributed by atoms with E-state index in [9.17, 15) is 12.8 Å². The molecule has 1 aliphatic heterocycles. The van der Waals surface area contributed by atoms with Gasteiger partial charge in [-0.05, 0) is 31.4 Å². The molecule has 2 N–H and O–H groups in total. The first-order chi connectivity index (χ1) is 9.80. The van der Waals surface area contributed by atoms with Gasteiger partial charge in [0.05, 0.1) is 12.4 Å². The van der Waals surface area contributed by atoms with Gasteiger partial charge in [-0.3, -0.25) is 0 Å². The maximum Gasteiger partial charge on any atom is 0.209 e. The van der Waals surface area contributed by atoms with Crippen LogP contribution in [0.25, 0.3) is 0 Å². The lowest BCUT2D eigenvalue weighted by atomic mass is 9.83. The number of ether oxygens (including phenoxy) is 2. The summed E-state index contributed by atoms with van der Waals surface area (Å²) in [5.41, 5.74) is -0.0413. The average Bonchev–Trinajstić information content (AvgIpc) is 2.39. The van der Waals surface area contributed by atoms with Gasteiger partial charge in [-0.2, -0.15) is 0 Å². The van der Waals surface area contributed by atoms with Gasteiger partial charge in [0.15, 0.2) is 0 Å². The first-order valence-electron chi connectivity index (χ1n) is 6.77. The van der Waals surface area contributed by atoms with E-state index >= 15 is 0 Å². The second-order valence-corrected chi connectivity index (χ2v) is 7.23. The molecule has 0 bridgehead atoms. The topological polar surface area (TPSA) is 78.6 Å². The minimum atomic E-state index is -3.61. The molecule has 1 aromatic rings. The van der Waals surface area contributed by atoms with Crippen molar-refractivity contribution in [1.29, 1.82) is 0 Å². The minimum absolute atomic E-state index is 0.155. The SMILES string of the molecule is Cc1ccc(OCC2(CS(N)(=O)=O)CCOCC2)cc1F. The van der Waals surface area contributed by atoms with Crippen molar-refractivity contribution in [3.05, 3.63) is 29.6 Å². The van der Waals surface area contributed by atoms with Crippen molar-refractivity contribution in [2.45, 2.75) is 19.8 Å². The number of hydrogen-bond donors (Lipinski definition) is 1. The highest BCUT2D eigenvalue weighted by molar-refractivity contribution is 7.89. The summed E-state index contributed by atoms with van der Waals surface area (Å²) in [5, 5.41) is 5.18. The molecule has 0 aliphatic carbocycles. The molecule has 2 rings (SSSR count). The van der Waals surface area contributed by atoms with E-state index in [4.69, 9.17) is 14.6 Å². The van der Waals surface area contributed by atoms with Crippen molar-refractivity contribution in [3.63, 3.8) is 0 Å². The summed E-state index contributed by atoms with van der Waals surface area (Å²) in [5.74, 6) is -0.115. The maximum absolute atomic E-state index is 13.5. The van der Waals surface area contributed by atoms with E-state index < -0.39 is 15.4 Å². The summed E-state index contributed by atoms with van der Waals surface area (Å²) in [4.78, 5) is 0. The zero-order chi connectivity index (χ0) is 15.5. The standard InChI is InChI=1S/C14H20FNO4S/c1-11-2-3-12(8-13(11)15)20-9-14(10-21(16,17)18)4-6-19-7-5-14/h2-3,8H,4-7,9-10H2,1H3,(H2,16,17,18). The van der Waals surface area contributed by atoms with Crippen molar-refractivity contribution in [1.82, 2.24) is 0 Å². The predicted octanol–water partition coefficient (Wildman–Crippen LogP) is 1.60. The highest BCUT2D eigenvalue weighted by atomic mass is 32.2. The third kappa shape index (κ3) is 4.66. The first kappa shape index (κ1) is 16.2. The Bertz CT molecular complexity index is 597. The predicted molar refractivity (Wildman–Crippen MR) is 77.1 cm³/mol. The molecule has 0 aromatic heterocycles. The fourth-order valence-electron chi connectivity index (χ4n) is 2.46. The summed E-state index contributed by atoms with van der Waals surface area (Å²) < 4.78 is 47.3. The Morgan fingerprint density at radius 1 is 1.38 bits per heavy atom. The zero-order valence-electron chi connectivity index (χ0n) is 12.0. The molecule has 1 fully saturated rings. The second kappa shape index (κ2) is 6.29. The Morgan fingerprint density at radius 2 is 2.05 bits per heavy atom. The third-order valence-corrected chi connectivity index (χ3v) is 4.76. The molecule has 5 nitrogen and oxygen atoms in total. The van der Waals surface area contributed by atoms with Crippen LogP contribution in [0.1, 0.15) is 18.4 Å². The molecule has 1 aliphatic rings. The van der Waals surface area contributed by atoms with Gasteiger partial charge in [0, 0.05) is 24.7 Å². The van der Waals surface area contributed by atoms with Crippen LogP contribution in [0.3, 0.4) is 0 Å². The van der Waals surface area contributed by atoms with E-state index in [1.807, 2.05) is 0 Å². The number of primary sulfonamides is 1. The monoisotopic (exact) mass is 317 g/mol. The first-order valence-corrected chi connectivity index (χ1v) is 8.48. The van der Waals surface area contributed by atoms with Crippen LogP contribution < -0.4 is 9.88 Å². The van der Waals surface area contributed by atoms with E-state index in [0.29, 0.717) is 37.4 Å². The Balaban J connectivity index is 2.10. The van der Waals surface area contributed by atoms with Gasteiger partial charge < -0.3 is 9.47 Å². The summed E-state index contributed by atoms with van der Waals surface area (Å²) in [6.45, 7) is 2.79. The van der Waals surface area contributed by atoms with Crippen LogP contribution in [-0.2, 0) is 14.8 Å². The van der Waals surface area contributed by atoms with Crippen LogP contribution in [0.5, 0.6) is 5.75 Å². The van der Waals surface area contributed by atoms with Crippen LogP contribution >= 0.6 is 0 Å². The molecular weight excluding hydrogens is 297 g/mol. The van der Waals surface area contributed by atoms with Crippen LogP contribution in [0.2, 0.25) is 0 Å². The maximum atomic E-state index is 13.5. The lowest BCUT2D eigenvalue weighted by Crippen LogP contribution is -2.42. The summed E-state index contributed by atoms with van der Waals surface area (Å²) >= 11 is 0. The fraction of sp³-hybridized carbons (Fsp3) is 0.571. The van der Waals surface area contributed by atoms with E-state index in [2.05, 4.69) is 0 Å². The highest BCUT2D eigenvalue weighted by Gasteiger charge is 2.37. The van der Waals surface area contributed by atoms with E-state index in [-0.39, 0.29) is 18.2 Å². The molecular formula is C14H20FNO4S. The largest absolute Gasteiger partial charge is 0.493 e. The van der Waals surface area contributed by atoms with Crippen molar-refractivity contribution < 1.29 is 22.3 Å². The van der Waals surface area contributed by atoms with Crippen molar-refractivity contribution in [2.24, 2.45) is 10.6 Å². The number of nitrogens with two attached hydrogens (primary N) is 1. The molecule has 0 unspecified atom stereocenters. The number of hydrogen-bond acceptors (Lipinski definition) is 4. The lowest BCUT2D eigenvalue weighted by molar-refractivity contribution is 0.00204. The molecule has 0 atom stereocenters. The van der Waals surface area contributed by atoms with E-state index in [0.717, 1.165) is 0 Å². The number of aryl methyl sites for hydroxylation is 1. The third-order valence-electron chi connectivity index (χ3n) is 3.75. The number of benzene rings is 1. The van der Waals surface area contributed by atoms with Gasteiger partial charge in [0.1, 0.15) is 11.6 Å². The van der Waals surface area contributed by atoms with Gasteiger partial charge >= 0.3 is 0 Å². The quantitative estimate of drug-likeness (QED) is 0.894. The zero-order valence-corrected chi connectivity index (χ0v) is 12.8. The average molecular weight is 317 g/mol. The Kier molecular flexibility index (Phi) is 4.85. The normalized spacial score (nSPS) is 18.4. The summed E-state index contributed by atoms with van der Waals surface area (Å²) in [6, 6.07) is 4.60. The molecule has 0 amide bonds. The summed E-state index contributed by atoms with van der Waals surface area (Å²) in [6.07, 6.45) is 1.11. The van der Waals surface area contributed by atoms with Crippen molar-refractivity contribution >= 4 is 10.0 Å². The Hall–Kier alpha value is -1.18. The lowest BCUT2D eigenvalue weighted by Gasteiger charge is -2.36. The molecule has 21 heavy (non-hydrogen) atoms.